The lowest BCUT2D eigenvalue weighted by Crippen LogP contribution is -2.20. The van der Waals surface area contributed by atoms with Gasteiger partial charge in [-0.25, -0.2) is 0 Å². The molecule has 0 amide bonds. The molecule has 0 aliphatic heterocycles. The Labute approximate surface area is 103 Å². The van der Waals surface area contributed by atoms with Gasteiger partial charge >= 0.3 is 0 Å². The van der Waals surface area contributed by atoms with E-state index in [1.54, 1.807) is 12.4 Å². The van der Waals surface area contributed by atoms with Crippen LogP contribution in [0.1, 0.15) is 42.6 Å². The average molecular weight is 234 g/mol. The zero-order chi connectivity index (χ0) is 12.8. The predicted octanol–water partition coefficient (Wildman–Crippen LogP) is 2.58. The second-order valence-corrected chi connectivity index (χ2v) is 5.11. The molecule has 0 fully saturated rings. The molecule has 1 atom stereocenters. The number of nitrogens with zero attached hydrogens (tertiary/aromatic N) is 1. The molecule has 1 rings (SSSR count). The second-order valence-electron chi connectivity index (χ2n) is 5.11. The Balaban J connectivity index is 2.64. The SMILES string of the molecule is Cc1cncc(C(=O)CC(CN)CC(C)C)c1. The number of pyridine rings is 1. The molecule has 0 aliphatic rings. The van der Waals surface area contributed by atoms with Crippen LogP contribution in [0.5, 0.6) is 0 Å². The van der Waals surface area contributed by atoms with Crippen molar-refractivity contribution in [1.29, 1.82) is 0 Å². The standard InChI is InChI=1S/C14H22N2O/c1-10(2)4-12(7-15)6-14(17)13-5-11(3)8-16-9-13/h5,8-10,12H,4,6-7,15H2,1-3H3. The number of nitrogens with two attached hydrogens (primary N) is 1. The van der Waals surface area contributed by atoms with Crippen LogP contribution in [-0.4, -0.2) is 17.3 Å². The van der Waals surface area contributed by atoms with Gasteiger partial charge in [0, 0.05) is 24.4 Å². The smallest absolute Gasteiger partial charge is 0.164 e. The number of carbonyl (C=O) groups is 1. The average Bonchev–Trinajstić information content (AvgIpc) is 2.27. The van der Waals surface area contributed by atoms with E-state index in [1.807, 2.05) is 13.0 Å². The predicted molar refractivity (Wildman–Crippen MR) is 69.9 cm³/mol. The van der Waals surface area contributed by atoms with Crippen molar-refractivity contribution in [2.45, 2.75) is 33.6 Å². The molecule has 2 N–H and O–H groups in total. The highest BCUT2D eigenvalue weighted by molar-refractivity contribution is 5.96. The molecule has 1 heterocycles. The summed E-state index contributed by atoms with van der Waals surface area (Å²) in [4.78, 5) is 16.1. The first-order valence-electron chi connectivity index (χ1n) is 6.17. The van der Waals surface area contributed by atoms with Gasteiger partial charge in [-0.15, -0.1) is 0 Å². The maximum absolute atomic E-state index is 12.1. The highest BCUT2D eigenvalue weighted by Crippen LogP contribution is 2.17. The minimum Gasteiger partial charge on any atom is -0.330 e. The zero-order valence-electron chi connectivity index (χ0n) is 10.9. The Morgan fingerprint density at radius 2 is 2.12 bits per heavy atom. The summed E-state index contributed by atoms with van der Waals surface area (Å²) < 4.78 is 0. The van der Waals surface area contributed by atoms with Gasteiger partial charge in [0.25, 0.3) is 0 Å². The zero-order valence-corrected chi connectivity index (χ0v) is 10.9. The van der Waals surface area contributed by atoms with Crippen LogP contribution in [0.25, 0.3) is 0 Å². The van der Waals surface area contributed by atoms with Crippen molar-refractivity contribution in [2.24, 2.45) is 17.6 Å². The number of aryl methyl sites for hydroxylation is 1. The fourth-order valence-electron chi connectivity index (χ4n) is 2.02. The molecule has 0 spiro atoms. The fourth-order valence-corrected chi connectivity index (χ4v) is 2.02. The number of aromatic nitrogens is 1. The molecule has 0 aromatic carbocycles. The maximum atomic E-state index is 12.1. The van der Waals surface area contributed by atoms with E-state index in [1.165, 1.54) is 0 Å². The van der Waals surface area contributed by atoms with E-state index in [0.29, 0.717) is 24.4 Å². The van der Waals surface area contributed by atoms with Crippen molar-refractivity contribution >= 4 is 5.78 Å². The van der Waals surface area contributed by atoms with Crippen molar-refractivity contribution in [3.63, 3.8) is 0 Å². The topological polar surface area (TPSA) is 56.0 Å². The Morgan fingerprint density at radius 3 is 2.65 bits per heavy atom. The van der Waals surface area contributed by atoms with Gasteiger partial charge < -0.3 is 5.73 Å². The highest BCUT2D eigenvalue weighted by Gasteiger charge is 2.15. The van der Waals surface area contributed by atoms with Crippen molar-refractivity contribution in [2.75, 3.05) is 6.54 Å². The molecular weight excluding hydrogens is 212 g/mol. The number of hydrogen-bond donors (Lipinski definition) is 1. The van der Waals surface area contributed by atoms with Gasteiger partial charge in [0.1, 0.15) is 0 Å². The Hall–Kier alpha value is -1.22. The molecule has 0 bridgehead atoms. The van der Waals surface area contributed by atoms with Crippen LogP contribution in [0, 0.1) is 18.8 Å². The summed E-state index contributed by atoms with van der Waals surface area (Å²) in [7, 11) is 0. The largest absolute Gasteiger partial charge is 0.330 e. The van der Waals surface area contributed by atoms with E-state index in [-0.39, 0.29) is 11.7 Å². The van der Waals surface area contributed by atoms with E-state index in [0.717, 1.165) is 12.0 Å². The third kappa shape index (κ3) is 4.65. The number of hydrogen-bond acceptors (Lipinski definition) is 3. The summed E-state index contributed by atoms with van der Waals surface area (Å²) >= 11 is 0. The quantitative estimate of drug-likeness (QED) is 0.770. The van der Waals surface area contributed by atoms with Gasteiger partial charge in [-0.2, -0.15) is 0 Å². The van der Waals surface area contributed by atoms with Crippen LogP contribution in [0.15, 0.2) is 18.5 Å². The molecule has 1 unspecified atom stereocenters. The second kappa shape index (κ2) is 6.50. The molecule has 17 heavy (non-hydrogen) atoms. The molecule has 3 nitrogen and oxygen atoms in total. The van der Waals surface area contributed by atoms with Crippen molar-refractivity contribution in [3.8, 4) is 0 Å². The van der Waals surface area contributed by atoms with Gasteiger partial charge in [0.15, 0.2) is 5.78 Å². The van der Waals surface area contributed by atoms with Crippen LogP contribution < -0.4 is 5.73 Å². The van der Waals surface area contributed by atoms with Gasteiger partial charge in [-0.3, -0.25) is 9.78 Å². The highest BCUT2D eigenvalue weighted by atomic mass is 16.1. The first-order valence-corrected chi connectivity index (χ1v) is 6.17. The van der Waals surface area contributed by atoms with E-state index in [4.69, 9.17) is 5.73 Å². The first kappa shape index (κ1) is 13.8. The monoisotopic (exact) mass is 234 g/mol. The van der Waals surface area contributed by atoms with E-state index >= 15 is 0 Å². The molecule has 3 heteroatoms. The van der Waals surface area contributed by atoms with E-state index < -0.39 is 0 Å². The normalized spacial score (nSPS) is 12.8. The molecule has 0 saturated carbocycles. The Bertz CT molecular complexity index is 374. The molecule has 0 saturated heterocycles. The number of rotatable bonds is 6. The molecular formula is C14H22N2O. The number of carbonyl (C=O) groups excluding carboxylic acids is 1. The first-order chi connectivity index (χ1) is 8.02. The fraction of sp³-hybridized carbons (Fsp3) is 0.571. The van der Waals surface area contributed by atoms with Gasteiger partial charge in [-0.1, -0.05) is 13.8 Å². The van der Waals surface area contributed by atoms with Gasteiger partial charge in [-0.05, 0) is 43.4 Å². The third-order valence-corrected chi connectivity index (χ3v) is 2.81. The number of ketones is 1. The maximum Gasteiger partial charge on any atom is 0.164 e. The van der Waals surface area contributed by atoms with Crippen molar-refractivity contribution in [1.82, 2.24) is 4.98 Å². The van der Waals surface area contributed by atoms with Gasteiger partial charge in [0.2, 0.25) is 0 Å². The summed E-state index contributed by atoms with van der Waals surface area (Å²) in [5.41, 5.74) is 7.43. The van der Waals surface area contributed by atoms with Crippen molar-refractivity contribution in [3.05, 3.63) is 29.6 Å². The molecule has 1 aromatic heterocycles. The van der Waals surface area contributed by atoms with Crippen molar-refractivity contribution < 1.29 is 4.79 Å². The van der Waals surface area contributed by atoms with E-state index in [9.17, 15) is 4.79 Å². The summed E-state index contributed by atoms with van der Waals surface area (Å²) in [6, 6.07) is 1.89. The third-order valence-electron chi connectivity index (χ3n) is 2.81. The number of Topliss-reactive ketones (excluding diaryl/α,β-unsaturated/α-hetero) is 1. The van der Waals surface area contributed by atoms with Crippen LogP contribution in [0.4, 0.5) is 0 Å². The Kier molecular flexibility index (Phi) is 5.29. The lowest BCUT2D eigenvalue weighted by atomic mass is 9.91. The van der Waals surface area contributed by atoms with Crippen LogP contribution in [0.3, 0.4) is 0 Å². The summed E-state index contributed by atoms with van der Waals surface area (Å²) in [6.45, 7) is 6.82. The lowest BCUT2D eigenvalue weighted by Gasteiger charge is -2.16. The minimum atomic E-state index is 0.150. The minimum absolute atomic E-state index is 0.150. The molecule has 0 aliphatic carbocycles. The summed E-state index contributed by atoms with van der Waals surface area (Å²) in [6.07, 6.45) is 4.92. The molecule has 0 radical (unpaired) electrons. The van der Waals surface area contributed by atoms with Gasteiger partial charge in [0.05, 0.1) is 0 Å². The Morgan fingerprint density at radius 1 is 1.41 bits per heavy atom. The van der Waals surface area contributed by atoms with Crippen LogP contribution in [-0.2, 0) is 0 Å². The van der Waals surface area contributed by atoms with Crippen LogP contribution >= 0.6 is 0 Å². The summed E-state index contributed by atoms with van der Waals surface area (Å²) in [5, 5.41) is 0. The molecule has 94 valence electrons. The van der Waals surface area contributed by atoms with Crippen LogP contribution in [0.2, 0.25) is 0 Å². The molecule has 1 aromatic rings. The summed E-state index contributed by atoms with van der Waals surface area (Å²) in [5.74, 6) is 1.01. The van der Waals surface area contributed by atoms with E-state index in [2.05, 4.69) is 18.8 Å². The lowest BCUT2D eigenvalue weighted by molar-refractivity contribution is 0.0957.